The van der Waals surface area contributed by atoms with E-state index >= 15 is 0 Å². The van der Waals surface area contributed by atoms with Crippen molar-refractivity contribution in [2.24, 2.45) is 0 Å². The highest BCUT2D eigenvalue weighted by Crippen LogP contribution is 2.34. The Morgan fingerprint density at radius 2 is 1.71 bits per heavy atom. The van der Waals surface area contributed by atoms with Gasteiger partial charge >= 0.3 is 5.97 Å². The topological polar surface area (TPSA) is 72.2 Å². The Morgan fingerprint density at radius 3 is 2.39 bits per heavy atom. The highest BCUT2D eigenvalue weighted by atomic mass is 79.9. The number of pyridine rings is 1. The van der Waals surface area contributed by atoms with Gasteiger partial charge in [0.1, 0.15) is 29.6 Å². The van der Waals surface area contributed by atoms with Gasteiger partial charge in [-0.25, -0.2) is 4.98 Å². The number of rotatable bonds is 14. The van der Waals surface area contributed by atoms with Gasteiger partial charge in [0.25, 0.3) is 0 Å². The summed E-state index contributed by atoms with van der Waals surface area (Å²) in [5, 5.41) is 10.6. The predicted octanol–water partition coefficient (Wildman–Crippen LogP) is 8.67. The van der Waals surface area contributed by atoms with Crippen LogP contribution in [0, 0.1) is 11.3 Å². The normalized spacial score (nSPS) is 11.4. The van der Waals surface area contributed by atoms with E-state index in [4.69, 9.17) is 14.5 Å². The summed E-state index contributed by atoms with van der Waals surface area (Å²) in [7, 11) is 0. The minimum Gasteiger partial charge on any atom is -0.490 e. The van der Waals surface area contributed by atoms with Crippen molar-refractivity contribution in [2.45, 2.75) is 30.9 Å². The average molecular weight is 648 g/mol. The van der Waals surface area contributed by atoms with Gasteiger partial charge < -0.3 is 9.47 Å². The first-order chi connectivity index (χ1) is 20.1. The quantitative estimate of drug-likeness (QED) is 0.0771. The second-order valence-electron chi connectivity index (χ2n) is 9.17. The number of benzene rings is 3. The van der Waals surface area contributed by atoms with Crippen LogP contribution in [0.5, 0.6) is 5.75 Å². The molecule has 0 aliphatic rings. The smallest absolute Gasteiger partial charge is 0.316 e. The molecule has 4 rings (SSSR count). The molecule has 1 heterocycles. The van der Waals surface area contributed by atoms with E-state index < -0.39 is 0 Å². The van der Waals surface area contributed by atoms with Gasteiger partial charge in [-0.15, -0.1) is 0 Å². The third-order valence-electron chi connectivity index (χ3n) is 6.07. The van der Waals surface area contributed by atoms with Crippen molar-refractivity contribution in [3.05, 3.63) is 101 Å². The van der Waals surface area contributed by atoms with Crippen molar-refractivity contribution >= 4 is 45.4 Å². The van der Waals surface area contributed by atoms with Crippen LogP contribution >= 0.6 is 39.5 Å². The number of esters is 1. The van der Waals surface area contributed by atoms with Gasteiger partial charge in [0.2, 0.25) is 0 Å². The number of para-hydroxylation sites is 1. The number of thioether (sulfide) groups is 2. The fraction of sp³-hybridized carbons (Fsp3) is 0.242. The molecule has 0 fully saturated rings. The Morgan fingerprint density at radius 1 is 1.00 bits per heavy atom. The Kier molecular flexibility index (Phi) is 12.2. The monoisotopic (exact) mass is 646 g/mol. The van der Waals surface area contributed by atoms with Crippen molar-refractivity contribution in [3.8, 4) is 34.2 Å². The van der Waals surface area contributed by atoms with Gasteiger partial charge in [0.05, 0.1) is 17.0 Å². The van der Waals surface area contributed by atoms with Gasteiger partial charge in [-0.2, -0.15) is 17.0 Å². The molecule has 4 aromatic rings. The number of aromatic nitrogens is 1. The second-order valence-corrected chi connectivity index (χ2v) is 12.2. The molecular formula is C33H31BrN2O3S2. The molecule has 5 nitrogen and oxygen atoms in total. The second kappa shape index (κ2) is 16.3. The van der Waals surface area contributed by atoms with Gasteiger partial charge in [-0.05, 0) is 48.1 Å². The van der Waals surface area contributed by atoms with Crippen molar-refractivity contribution in [2.75, 3.05) is 23.9 Å². The molecule has 1 aromatic heterocycles. The summed E-state index contributed by atoms with van der Waals surface area (Å²) in [6.07, 6.45) is 1.84. The number of carbonyl (C=O) groups excluding carboxylic acids is 1. The SMILES string of the molecule is CCCCSCC(COc1ccccc1)OC(=O)CSc1nc(-c2ccc(Br)cc2)cc(-c2ccccc2)c1C#N. The summed E-state index contributed by atoms with van der Waals surface area (Å²) in [6.45, 7) is 2.44. The average Bonchev–Trinajstić information content (AvgIpc) is 3.01. The van der Waals surface area contributed by atoms with Crippen LogP contribution in [0.2, 0.25) is 0 Å². The highest BCUT2D eigenvalue weighted by molar-refractivity contribution is 9.10. The zero-order valence-electron chi connectivity index (χ0n) is 22.8. The third kappa shape index (κ3) is 9.39. The molecule has 0 amide bonds. The zero-order chi connectivity index (χ0) is 28.9. The first-order valence-electron chi connectivity index (χ1n) is 13.4. The van der Waals surface area contributed by atoms with Crippen LogP contribution in [0.3, 0.4) is 0 Å². The molecule has 210 valence electrons. The highest BCUT2D eigenvalue weighted by Gasteiger charge is 2.20. The minimum atomic E-state index is -0.387. The van der Waals surface area contributed by atoms with Crippen molar-refractivity contribution in [1.82, 2.24) is 4.98 Å². The van der Waals surface area contributed by atoms with E-state index in [0.29, 0.717) is 16.3 Å². The Hall–Kier alpha value is -3.25. The standard InChI is InChI=1S/C33H31BrN2O3S2/c1-2-3-18-40-22-28(21-38-27-12-8-5-9-13-27)39-32(37)23-41-33-30(20-35)29(24-10-6-4-7-11-24)19-31(36-33)25-14-16-26(34)17-15-25/h4-17,19,28H,2-3,18,21-23H2,1H3. The Balaban J connectivity index is 1.52. The molecule has 0 aliphatic carbocycles. The fourth-order valence-electron chi connectivity index (χ4n) is 3.98. The number of hydrogen-bond acceptors (Lipinski definition) is 7. The maximum absolute atomic E-state index is 13.1. The first kappa shape index (κ1) is 30.7. The van der Waals surface area contributed by atoms with Crippen LogP contribution in [0.15, 0.2) is 100 Å². The van der Waals surface area contributed by atoms with E-state index in [1.165, 1.54) is 11.8 Å². The number of unbranched alkanes of at least 4 members (excludes halogenated alkanes) is 1. The van der Waals surface area contributed by atoms with Crippen LogP contribution in [0.25, 0.3) is 22.4 Å². The van der Waals surface area contributed by atoms with E-state index in [2.05, 4.69) is 28.9 Å². The lowest BCUT2D eigenvalue weighted by Crippen LogP contribution is -2.28. The summed E-state index contributed by atoms with van der Waals surface area (Å²) in [6, 6.07) is 31.4. The minimum absolute atomic E-state index is 0.0289. The van der Waals surface area contributed by atoms with Crippen LogP contribution in [0.4, 0.5) is 0 Å². The van der Waals surface area contributed by atoms with Gasteiger partial charge in [0.15, 0.2) is 0 Å². The van der Waals surface area contributed by atoms with Crippen LogP contribution < -0.4 is 4.74 Å². The molecule has 0 N–H and O–H groups in total. The van der Waals surface area contributed by atoms with Crippen LogP contribution in [0.1, 0.15) is 25.3 Å². The molecule has 0 radical (unpaired) electrons. The van der Waals surface area contributed by atoms with Crippen molar-refractivity contribution in [1.29, 1.82) is 5.26 Å². The van der Waals surface area contributed by atoms with Crippen LogP contribution in [-0.4, -0.2) is 40.9 Å². The molecule has 41 heavy (non-hydrogen) atoms. The molecule has 1 unspecified atom stereocenters. The summed E-state index contributed by atoms with van der Waals surface area (Å²) in [4.78, 5) is 17.9. The number of carbonyl (C=O) groups is 1. The largest absolute Gasteiger partial charge is 0.490 e. The predicted molar refractivity (Wildman–Crippen MR) is 172 cm³/mol. The number of nitriles is 1. The van der Waals surface area contributed by atoms with Crippen LogP contribution in [-0.2, 0) is 9.53 Å². The van der Waals surface area contributed by atoms with Gasteiger partial charge in [-0.1, -0.05) is 102 Å². The lowest BCUT2D eigenvalue weighted by molar-refractivity contribution is -0.145. The van der Waals surface area contributed by atoms with E-state index in [-0.39, 0.29) is 24.4 Å². The number of halogens is 1. The Bertz CT molecular complexity index is 1450. The van der Waals surface area contributed by atoms with Gasteiger partial charge in [0, 0.05) is 21.4 Å². The van der Waals surface area contributed by atoms with Crippen molar-refractivity contribution in [3.63, 3.8) is 0 Å². The zero-order valence-corrected chi connectivity index (χ0v) is 26.0. The maximum atomic E-state index is 13.1. The molecule has 1 atom stereocenters. The number of ether oxygens (including phenoxy) is 2. The lowest BCUT2D eigenvalue weighted by Gasteiger charge is -2.19. The summed E-state index contributed by atoms with van der Waals surface area (Å²) in [5.74, 6) is 2.06. The molecule has 3 aromatic carbocycles. The third-order valence-corrected chi connectivity index (χ3v) is 8.74. The molecular weight excluding hydrogens is 616 g/mol. The number of nitrogens with zero attached hydrogens (tertiary/aromatic N) is 2. The summed E-state index contributed by atoms with van der Waals surface area (Å²) >= 11 is 6.47. The summed E-state index contributed by atoms with van der Waals surface area (Å²) in [5.41, 5.74) is 3.78. The summed E-state index contributed by atoms with van der Waals surface area (Å²) < 4.78 is 12.7. The molecule has 0 saturated heterocycles. The molecule has 0 saturated carbocycles. The lowest BCUT2D eigenvalue weighted by atomic mass is 9.99. The molecule has 0 spiro atoms. The number of hydrogen-bond donors (Lipinski definition) is 0. The van der Waals surface area contributed by atoms with E-state index in [1.807, 2.05) is 91.0 Å². The fourth-order valence-corrected chi connectivity index (χ4v) is 6.11. The molecule has 0 aliphatic heterocycles. The van der Waals surface area contributed by atoms with E-state index in [0.717, 1.165) is 51.2 Å². The Labute approximate surface area is 258 Å². The van der Waals surface area contributed by atoms with E-state index in [9.17, 15) is 10.1 Å². The first-order valence-corrected chi connectivity index (χ1v) is 16.3. The van der Waals surface area contributed by atoms with Crippen molar-refractivity contribution < 1.29 is 14.3 Å². The molecule has 0 bridgehead atoms. The van der Waals surface area contributed by atoms with E-state index in [1.54, 1.807) is 11.8 Å². The maximum Gasteiger partial charge on any atom is 0.316 e. The molecule has 8 heteroatoms. The van der Waals surface area contributed by atoms with Gasteiger partial charge in [-0.3, -0.25) is 4.79 Å².